The first kappa shape index (κ1) is 15.1. The molecule has 0 aromatic heterocycles. The largest absolute Gasteiger partial charge is 0.466 e. The zero-order valence-corrected chi connectivity index (χ0v) is 12.5. The number of methoxy groups -OCH3 is 1. The smallest absolute Gasteiger partial charge is 0.336 e. The third kappa shape index (κ3) is 2.64. The topological polar surface area (TPSA) is 90.7 Å². The highest BCUT2D eigenvalue weighted by molar-refractivity contribution is 6.31. The van der Waals surface area contributed by atoms with Crippen molar-refractivity contribution in [3.63, 3.8) is 0 Å². The van der Waals surface area contributed by atoms with Crippen LogP contribution in [0, 0.1) is 0 Å². The molecule has 1 aromatic carbocycles. The monoisotopic (exact) mass is 305 g/mol. The zero-order valence-electron chi connectivity index (χ0n) is 11.8. The number of allylic oxidation sites excluding steroid dienone is 1. The van der Waals surface area contributed by atoms with E-state index in [1.807, 2.05) is 18.2 Å². The van der Waals surface area contributed by atoms with Gasteiger partial charge < -0.3 is 16.2 Å². The standard InChI is InChI=1S/C15H16ClN3O2/c1-8-12(15(20)21-2)13(10(7-17)14(18)19-8)9-5-3-4-6-11(9)16/h3-7,13H,17H2,1-2H3,(H2,18,19)/b10-7-. The van der Waals surface area contributed by atoms with Crippen molar-refractivity contribution in [3.05, 3.63) is 57.9 Å². The van der Waals surface area contributed by atoms with Crippen LogP contribution in [0.4, 0.5) is 0 Å². The van der Waals surface area contributed by atoms with Gasteiger partial charge in [0.05, 0.1) is 18.4 Å². The highest BCUT2D eigenvalue weighted by atomic mass is 35.5. The van der Waals surface area contributed by atoms with Gasteiger partial charge in [-0.3, -0.25) is 0 Å². The Morgan fingerprint density at radius 1 is 1.43 bits per heavy atom. The Bertz CT molecular complexity index is 677. The molecule has 2 rings (SSSR count). The minimum absolute atomic E-state index is 0.271. The summed E-state index contributed by atoms with van der Waals surface area (Å²) < 4.78 is 4.86. The minimum Gasteiger partial charge on any atom is -0.466 e. The summed E-state index contributed by atoms with van der Waals surface area (Å²) in [7, 11) is 1.32. The van der Waals surface area contributed by atoms with Crippen LogP contribution in [-0.4, -0.2) is 18.9 Å². The lowest BCUT2D eigenvalue weighted by Crippen LogP contribution is -2.29. The van der Waals surface area contributed by atoms with Crippen molar-refractivity contribution in [2.45, 2.75) is 12.8 Å². The second kappa shape index (κ2) is 6.01. The van der Waals surface area contributed by atoms with Crippen LogP contribution in [0.3, 0.4) is 0 Å². The molecule has 0 saturated heterocycles. The molecular weight excluding hydrogens is 290 g/mol. The summed E-state index contributed by atoms with van der Waals surface area (Å²) >= 11 is 6.27. The molecular formula is C15H16ClN3O2. The maximum atomic E-state index is 12.1. The van der Waals surface area contributed by atoms with Gasteiger partial charge in [-0.1, -0.05) is 29.8 Å². The second-order valence-electron chi connectivity index (χ2n) is 4.56. The number of carbonyl (C=O) groups is 1. The van der Waals surface area contributed by atoms with Gasteiger partial charge in [-0.2, -0.15) is 0 Å². The van der Waals surface area contributed by atoms with Crippen LogP contribution in [0.2, 0.25) is 5.02 Å². The van der Waals surface area contributed by atoms with E-state index in [2.05, 4.69) is 4.99 Å². The van der Waals surface area contributed by atoms with E-state index in [-0.39, 0.29) is 5.84 Å². The van der Waals surface area contributed by atoms with Crippen molar-refractivity contribution in [2.24, 2.45) is 16.5 Å². The fourth-order valence-corrected chi connectivity index (χ4v) is 2.65. The van der Waals surface area contributed by atoms with Crippen LogP contribution >= 0.6 is 11.6 Å². The lowest BCUT2D eigenvalue weighted by atomic mass is 9.81. The molecule has 6 heteroatoms. The van der Waals surface area contributed by atoms with Gasteiger partial charge in [-0.05, 0) is 18.6 Å². The van der Waals surface area contributed by atoms with E-state index in [1.165, 1.54) is 13.3 Å². The Hall–Kier alpha value is -2.27. The van der Waals surface area contributed by atoms with Gasteiger partial charge in [0.15, 0.2) is 0 Å². The molecule has 1 aliphatic rings. The van der Waals surface area contributed by atoms with Crippen molar-refractivity contribution in [1.82, 2.24) is 0 Å². The maximum Gasteiger partial charge on any atom is 0.336 e. The molecule has 1 unspecified atom stereocenters. The molecule has 1 atom stereocenters. The molecule has 0 spiro atoms. The molecule has 5 nitrogen and oxygen atoms in total. The van der Waals surface area contributed by atoms with E-state index < -0.39 is 11.9 Å². The quantitative estimate of drug-likeness (QED) is 0.818. The molecule has 0 amide bonds. The highest BCUT2D eigenvalue weighted by Gasteiger charge is 2.34. The summed E-state index contributed by atoms with van der Waals surface area (Å²) in [5.41, 5.74) is 13.8. The number of hydrogen-bond acceptors (Lipinski definition) is 5. The van der Waals surface area contributed by atoms with E-state index in [1.54, 1.807) is 13.0 Å². The van der Waals surface area contributed by atoms with Crippen LogP contribution in [0.25, 0.3) is 0 Å². The van der Waals surface area contributed by atoms with Gasteiger partial charge in [0, 0.05) is 22.7 Å². The Morgan fingerprint density at radius 2 is 2.10 bits per heavy atom. The van der Waals surface area contributed by atoms with Crippen LogP contribution < -0.4 is 11.5 Å². The predicted molar refractivity (Wildman–Crippen MR) is 82.8 cm³/mol. The molecule has 0 radical (unpaired) electrons. The van der Waals surface area contributed by atoms with Gasteiger partial charge >= 0.3 is 5.97 Å². The number of rotatable bonds is 2. The zero-order chi connectivity index (χ0) is 15.6. The Kier molecular flexibility index (Phi) is 4.33. The normalized spacial score (nSPS) is 20.4. The molecule has 1 heterocycles. The van der Waals surface area contributed by atoms with Crippen LogP contribution in [0.15, 0.2) is 52.3 Å². The van der Waals surface area contributed by atoms with Crippen LogP contribution in [0.1, 0.15) is 18.4 Å². The summed E-state index contributed by atoms with van der Waals surface area (Å²) in [6, 6.07) is 7.22. The fraction of sp³-hybridized carbons (Fsp3) is 0.200. The average molecular weight is 306 g/mol. The predicted octanol–water partition coefficient (Wildman–Crippen LogP) is 2.08. The summed E-state index contributed by atoms with van der Waals surface area (Å²) in [6.45, 7) is 1.70. The lowest BCUT2D eigenvalue weighted by molar-refractivity contribution is -0.136. The summed E-state index contributed by atoms with van der Waals surface area (Å²) in [4.78, 5) is 16.3. The first-order valence-electron chi connectivity index (χ1n) is 6.31. The first-order chi connectivity index (χ1) is 10.0. The molecule has 0 aliphatic carbocycles. The molecule has 0 saturated carbocycles. The number of halogens is 1. The number of nitrogens with zero attached hydrogens (tertiary/aromatic N) is 1. The number of benzene rings is 1. The molecule has 1 aliphatic heterocycles. The van der Waals surface area contributed by atoms with E-state index >= 15 is 0 Å². The van der Waals surface area contributed by atoms with E-state index in [9.17, 15) is 4.79 Å². The van der Waals surface area contributed by atoms with E-state index in [4.69, 9.17) is 27.8 Å². The molecule has 0 fully saturated rings. The Labute approximate surface area is 127 Å². The Balaban J connectivity index is 2.71. The highest BCUT2D eigenvalue weighted by Crippen LogP contribution is 2.40. The van der Waals surface area contributed by atoms with Gasteiger partial charge in [0.25, 0.3) is 0 Å². The van der Waals surface area contributed by atoms with Gasteiger partial charge in [0.2, 0.25) is 0 Å². The van der Waals surface area contributed by atoms with Crippen LogP contribution in [-0.2, 0) is 9.53 Å². The van der Waals surface area contributed by atoms with E-state index in [0.29, 0.717) is 21.9 Å². The number of esters is 1. The number of carbonyl (C=O) groups excluding carboxylic acids is 1. The Morgan fingerprint density at radius 3 is 2.67 bits per heavy atom. The SMILES string of the molecule is COC(=O)C1=C(C)N=C(N)/C(=C\N)C1c1ccccc1Cl. The lowest BCUT2D eigenvalue weighted by Gasteiger charge is -2.27. The van der Waals surface area contributed by atoms with Crippen molar-refractivity contribution >= 4 is 23.4 Å². The van der Waals surface area contributed by atoms with E-state index in [0.717, 1.165) is 5.56 Å². The fourth-order valence-electron chi connectivity index (χ4n) is 2.41. The van der Waals surface area contributed by atoms with Crippen molar-refractivity contribution in [1.29, 1.82) is 0 Å². The van der Waals surface area contributed by atoms with Crippen molar-refractivity contribution in [2.75, 3.05) is 7.11 Å². The third-order valence-electron chi connectivity index (χ3n) is 3.37. The molecule has 0 bridgehead atoms. The number of amidine groups is 1. The minimum atomic E-state index is -0.492. The molecule has 21 heavy (non-hydrogen) atoms. The van der Waals surface area contributed by atoms with Gasteiger partial charge in [-0.15, -0.1) is 0 Å². The molecule has 110 valence electrons. The summed E-state index contributed by atoms with van der Waals surface area (Å²) in [5.74, 6) is -0.700. The van der Waals surface area contributed by atoms with Crippen molar-refractivity contribution in [3.8, 4) is 0 Å². The third-order valence-corrected chi connectivity index (χ3v) is 3.72. The van der Waals surface area contributed by atoms with Gasteiger partial charge in [-0.25, -0.2) is 9.79 Å². The molecule has 4 N–H and O–H groups in total. The summed E-state index contributed by atoms with van der Waals surface area (Å²) in [6.07, 6.45) is 1.35. The first-order valence-corrected chi connectivity index (χ1v) is 6.68. The number of ether oxygens (including phenoxy) is 1. The number of nitrogens with two attached hydrogens (primary N) is 2. The second-order valence-corrected chi connectivity index (χ2v) is 4.97. The van der Waals surface area contributed by atoms with Gasteiger partial charge in [0.1, 0.15) is 5.84 Å². The number of aliphatic imine (C=N–C) groups is 1. The van der Waals surface area contributed by atoms with Crippen molar-refractivity contribution < 1.29 is 9.53 Å². The maximum absolute atomic E-state index is 12.1. The average Bonchev–Trinajstić information content (AvgIpc) is 2.46. The summed E-state index contributed by atoms with van der Waals surface area (Å²) in [5, 5.41) is 0.519. The molecule has 1 aromatic rings. The van der Waals surface area contributed by atoms with Crippen LogP contribution in [0.5, 0.6) is 0 Å². The number of hydrogen-bond donors (Lipinski definition) is 2.